The summed E-state index contributed by atoms with van der Waals surface area (Å²) in [4.78, 5) is 230. The van der Waals surface area contributed by atoms with Crippen LogP contribution in [0.4, 0.5) is 0 Å². The van der Waals surface area contributed by atoms with Gasteiger partial charge in [-0.1, -0.05) is 20.8 Å². The third kappa shape index (κ3) is 43.3. The minimum Gasteiger partial charge on any atom is -0.462 e. The summed E-state index contributed by atoms with van der Waals surface area (Å²) in [7, 11) is 2.75. The SMILES string of the molecule is CCC(OC(C)=O)C(OC(C)=O)C(OC(C)=O)C(OC(C)=O)C(=O)NCC(CNC)(CNC(=O)C(C)C(OC(C)=O)C(C)C(COC(C)=O)OC(C)=O)CNC(=O)C(OC(C)=O)C(OC(C)=O)C(OC(C)=O)C(COC(C)=O)OC(C)=O.CNCC(CNC(=O)C(O)C(O)C(O)C(O)CO)(CNC(=O)C(O)C(O)C(O)C(O)CO)CNC(=O)C(O)C(O)C(O)C(O)CO. The van der Waals surface area contributed by atoms with Crippen molar-refractivity contribution in [2.45, 2.75) is 245 Å². The van der Waals surface area contributed by atoms with E-state index in [4.69, 9.17) is 72.2 Å². The van der Waals surface area contributed by atoms with Crippen LogP contribution >= 0.6 is 0 Å². The van der Waals surface area contributed by atoms with Crippen LogP contribution < -0.4 is 42.5 Å². The topological polar surface area (TPSA) is 818 Å². The molecule has 0 aromatic rings. The lowest BCUT2D eigenvalue weighted by Gasteiger charge is -2.38. The molecule has 0 aromatic heterocycles. The van der Waals surface area contributed by atoms with Crippen molar-refractivity contribution in [1.29, 1.82) is 0 Å². The average Bonchev–Trinajstić information content (AvgIpc) is 0.836. The second kappa shape index (κ2) is 59.8. The zero-order chi connectivity index (χ0) is 99.3. The number of carbonyl (C=O) groups excluding carboxylic acids is 18. The Hall–Kier alpha value is -10.2. The molecule has 0 saturated heterocycles. The van der Waals surface area contributed by atoms with E-state index in [9.17, 15) is 148 Å². The van der Waals surface area contributed by atoms with E-state index in [1.807, 2.05) is 0 Å². The Kier molecular flexibility index (Phi) is 56.0. The van der Waals surface area contributed by atoms with Crippen LogP contribution in [0.2, 0.25) is 0 Å². The molecular weight excluding hydrogens is 1730 g/mol. The van der Waals surface area contributed by atoms with Crippen molar-refractivity contribution in [1.82, 2.24) is 42.5 Å². The first-order chi connectivity index (χ1) is 59.4. The molecule has 23 N–H and O–H groups in total. The number of nitrogens with one attached hydrogen (secondary N) is 8. The lowest BCUT2D eigenvalue weighted by Crippen LogP contribution is -2.61. The van der Waals surface area contributed by atoms with Gasteiger partial charge in [0, 0.05) is 152 Å². The van der Waals surface area contributed by atoms with Gasteiger partial charge in [-0.25, -0.2) is 0 Å². The Morgan fingerprint density at radius 2 is 0.508 bits per heavy atom. The highest BCUT2D eigenvalue weighted by atomic mass is 16.7. The highest BCUT2D eigenvalue weighted by Gasteiger charge is 2.51. The predicted octanol–water partition coefficient (Wildman–Crippen LogP) is -13.5. The summed E-state index contributed by atoms with van der Waals surface area (Å²) < 4.78 is 64.1. The maximum Gasteiger partial charge on any atom is 0.303 e. The molecule has 53 nitrogen and oxygen atoms in total. The van der Waals surface area contributed by atoms with Crippen molar-refractivity contribution in [2.75, 3.05) is 99.5 Å². The summed E-state index contributed by atoms with van der Waals surface area (Å²) in [6, 6.07) is 0. The first-order valence-corrected chi connectivity index (χ1v) is 39.3. The zero-order valence-electron chi connectivity index (χ0n) is 73.7. The van der Waals surface area contributed by atoms with Crippen molar-refractivity contribution < 1.29 is 220 Å². The van der Waals surface area contributed by atoms with Crippen LogP contribution in [-0.4, -0.2) is 417 Å². The van der Waals surface area contributed by atoms with Crippen molar-refractivity contribution in [3.05, 3.63) is 0 Å². The summed E-state index contributed by atoms with van der Waals surface area (Å²) in [5.41, 5.74) is -3.43. The molecule has 0 spiro atoms. The van der Waals surface area contributed by atoms with Gasteiger partial charge in [-0.2, -0.15) is 0 Å². The molecule has 0 aliphatic heterocycles. The van der Waals surface area contributed by atoms with Crippen LogP contribution in [0.15, 0.2) is 0 Å². The van der Waals surface area contributed by atoms with Crippen LogP contribution in [0.5, 0.6) is 0 Å². The fourth-order valence-corrected chi connectivity index (χ4v) is 12.0. The number of esters is 12. The molecule has 53 heteroatoms. The third-order valence-electron chi connectivity index (χ3n) is 18.4. The van der Waals surface area contributed by atoms with Gasteiger partial charge in [-0.05, 0) is 20.5 Å². The van der Waals surface area contributed by atoms with Gasteiger partial charge in [0.25, 0.3) is 29.5 Å². The summed E-state index contributed by atoms with van der Waals surface area (Å²) >= 11 is 0. The number of ether oxygens (including phenoxy) is 12. The van der Waals surface area contributed by atoms with Crippen molar-refractivity contribution in [2.24, 2.45) is 22.7 Å². The number of hydrogen-bond donors (Lipinski definition) is 23. The molecule has 0 fully saturated rings. The summed E-state index contributed by atoms with van der Waals surface area (Å²) in [5, 5.41) is 165. The smallest absolute Gasteiger partial charge is 0.303 e. The van der Waals surface area contributed by atoms with Crippen LogP contribution in [0.25, 0.3) is 0 Å². The van der Waals surface area contributed by atoms with Crippen molar-refractivity contribution in [3.63, 3.8) is 0 Å². The molecule has 0 aromatic carbocycles. The summed E-state index contributed by atoms with van der Waals surface area (Å²) in [6.45, 7) is 6.43. The number of amides is 6. The van der Waals surface area contributed by atoms with Gasteiger partial charge in [0.15, 0.2) is 48.8 Å². The molecule has 0 heterocycles. The minimum absolute atomic E-state index is 0.120. The lowest BCUT2D eigenvalue weighted by atomic mass is 9.85. The molecule has 0 aliphatic carbocycles. The fourth-order valence-electron chi connectivity index (χ4n) is 12.0. The van der Waals surface area contributed by atoms with Gasteiger partial charge in [-0.3, -0.25) is 86.3 Å². The number of rotatable bonds is 58. The van der Waals surface area contributed by atoms with Gasteiger partial charge in [-0.15, -0.1) is 0 Å². The van der Waals surface area contributed by atoms with E-state index in [-0.39, 0.29) is 19.5 Å². The maximum absolute atomic E-state index is 14.7. The first-order valence-electron chi connectivity index (χ1n) is 39.3. The monoisotopic (exact) mass is 1860 g/mol. The van der Waals surface area contributed by atoms with E-state index in [1.54, 1.807) is 0 Å². The molecule has 0 rings (SSSR count). The Labute approximate surface area is 733 Å². The van der Waals surface area contributed by atoms with Gasteiger partial charge >= 0.3 is 71.6 Å². The molecule has 0 radical (unpaired) electrons. The highest BCUT2D eigenvalue weighted by Crippen LogP contribution is 2.28. The maximum atomic E-state index is 14.7. The molecule has 0 aliphatic rings. The normalized spacial score (nSPS) is 17.8. The van der Waals surface area contributed by atoms with E-state index >= 15 is 0 Å². The molecular formula is C75H126N8O45. The van der Waals surface area contributed by atoms with Gasteiger partial charge < -0.3 is 176 Å². The quantitative estimate of drug-likeness (QED) is 0.0199. The molecule has 736 valence electrons. The van der Waals surface area contributed by atoms with E-state index < -0.39 is 336 Å². The Balaban J connectivity index is 0. The van der Waals surface area contributed by atoms with E-state index in [2.05, 4.69) is 42.5 Å². The second-order valence-electron chi connectivity index (χ2n) is 29.4. The van der Waals surface area contributed by atoms with E-state index in [0.29, 0.717) is 0 Å². The number of aliphatic hydroxyl groups is 15. The van der Waals surface area contributed by atoms with E-state index in [1.165, 1.54) is 34.9 Å². The van der Waals surface area contributed by atoms with Crippen LogP contribution in [0.3, 0.4) is 0 Å². The third-order valence-corrected chi connectivity index (χ3v) is 18.4. The largest absolute Gasteiger partial charge is 0.462 e. The first kappa shape index (κ1) is 120. The van der Waals surface area contributed by atoms with Crippen LogP contribution in [0, 0.1) is 22.7 Å². The molecule has 0 saturated carbocycles. The Morgan fingerprint density at radius 1 is 0.273 bits per heavy atom. The van der Waals surface area contributed by atoms with E-state index in [0.717, 1.165) is 83.1 Å². The summed E-state index contributed by atoms with van der Waals surface area (Å²) in [6.07, 6.45) is -45.3. The number of carbonyl (C=O) groups is 18. The van der Waals surface area contributed by atoms with Gasteiger partial charge in [0.2, 0.25) is 18.1 Å². The van der Waals surface area contributed by atoms with Gasteiger partial charge in [0.05, 0.1) is 25.7 Å². The average molecular weight is 1860 g/mol. The standard InChI is InChI=1S/C51H78N4O27.C24H48N4O18/c1-17-38(73-28(6)58)42(77-32(10)62)44(79-34(12)64)46(81-36(14)66)49(69)54-22-51(20-52-16,21-53-48(68)25(3)41(76-31(9)61)24(2)39(74-29(7)59)18-71-26(4)56)23-55-50(70)47(82-37(15)67)45(80-35(13)65)43(78-33(11)63)40(75-30(8)60)19-72-27(5)57;1-25-5-24(6-26-21(44)18(41)15(38)12(35)9(32)2-29,7-27-22(45)19(42)16(39)13(36)10(33)3-30)8-28-23(46)20(43)17(40)14(37)11(34)4-31/h24-25,38-47,52H,17-23H2,1-16H3,(H,53,68)(H,54,69)(H,55,70);9-20,25,29-43H,2-8H2,1H3,(H,26,44)(H,27,45)(H,28,46). The molecule has 128 heavy (non-hydrogen) atoms. The summed E-state index contributed by atoms with van der Waals surface area (Å²) in [5.74, 6) is -22.2. The molecule has 25 unspecified atom stereocenters. The number of hydrogen-bond acceptors (Lipinski definition) is 47. The molecule has 0 bridgehead atoms. The van der Waals surface area contributed by atoms with Crippen LogP contribution in [-0.2, 0) is 143 Å². The minimum atomic E-state index is -2.40. The van der Waals surface area contributed by atoms with Crippen LogP contribution in [0.1, 0.15) is 110 Å². The zero-order valence-corrected chi connectivity index (χ0v) is 73.7. The highest BCUT2D eigenvalue weighted by molar-refractivity contribution is 5.87. The molecule has 25 atom stereocenters. The predicted molar refractivity (Wildman–Crippen MR) is 422 cm³/mol. The Bertz CT molecular complexity index is 3510. The van der Waals surface area contributed by atoms with Crippen molar-refractivity contribution in [3.8, 4) is 0 Å². The fraction of sp³-hybridized carbons (Fsp3) is 0.760. The Morgan fingerprint density at radius 3 is 0.766 bits per heavy atom. The molecule has 6 amide bonds. The lowest BCUT2D eigenvalue weighted by molar-refractivity contribution is -0.203. The van der Waals surface area contributed by atoms with Crippen molar-refractivity contribution >= 4 is 107 Å². The second-order valence-corrected chi connectivity index (χ2v) is 29.4. The number of aliphatic hydroxyl groups excluding tert-OH is 15. The van der Waals surface area contributed by atoms with Gasteiger partial charge in [0.1, 0.15) is 86.5 Å².